The number of carbonyl (C=O) groups excluding carboxylic acids is 2. The summed E-state index contributed by atoms with van der Waals surface area (Å²) in [7, 11) is 3.30. The minimum absolute atomic E-state index is 0.0000628. The second-order valence-electron chi connectivity index (χ2n) is 8.46. The molecular formula is C23H33N3O5. The van der Waals surface area contributed by atoms with E-state index in [1.165, 1.54) is 0 Å². The van der Waals surface area contributed by atoms with Gasteiger partial charge in [0.1, 0.15) is 17.6 Å². The number of carbonyl (C=O) groups is 2. The largest absolute Gasteiger partial charge is 0.497 e. The van der Waals surface area contributed by atoms with Gasteiger partial charge in [-0.05, 0) is 43.9 Å². The summed E-state index contributed by atoms with van der Waals surface area (Å²) in [5, 5.41) is 0. The standard InChI is InChI=1S/C23H33N3O5/c1-29-17-7-8-20(30-2)18(15-17)19-5-3-9-26(19)22(27)16-24-10-12-25(13-11-24)23(28)21-6-4-14-31-21/h7-8,15,19,21H,3-6,9-14,16H2,1-2H3. The second kappa shape index (κ2) is 9.87. The van der Waals surface area contributed by atoms with E-state index < -0.39 is 0 Å². The van der Waals surface area contributed by atoms with E-state index in [0.717, 1.165) is 49.3 Å². The monoisotopic (exact) mass is 431 g/mol. The molecule has 3 heterocycles. The maximum Gasteiger partial charge on any atom is 0.251 e. The van der Waals surface area contributed by atoms with Crippen molar-refractivity contribution in [3.63, 3.8) is 0 Å². The Kier molecular flexibility index (Phi) is 6.97. The SMILES string of the molecule is COc1ccc(OC)c(C2CCCN2C(=O)CN2CCN(C(=O)C3CCCO3)CC2)c1. The number of rotatable bonds is 6. The Morgan fingerprint density at radius 3 is 2.52 bits per heavy atom. The molecule has 8 nitrogen and oxygen atoms in total. The van der Waals surface area contributed by atoms with Gasteiger partial charge in [0.2, 0.25) is 5.91 Å². The molecule has 0 aromatic heterocycles. The third kappa shape index (κ3) is 4.80. The Morgan fingerprint density at radius 2 is 1.84 bits per heavy atom. The van der Waals surface area contributed by atoms with Crippen molar-refractivity contribution in [2.24, 2.45) is 0 Å². The van der Waals surface area contributed by atoms with Gasteiger partial charge in [-0.25, -0.2) is 0 Å². The van der Waals surface area contributed by atoms with Crippen molar-refractivity contribution >= 4 is 11.8 Å². The molecule has 4 rings (SSSR count). The van der Waals surface area contributed by atoms with Crippen LogP contribution in [0.2, 0.25) is 0 Å². The molecule has 0 bridgehead atoms. The van der Waals surface area contributed by atoms with Crippen LogP contribution in [0.25, 0.3) is 0 Å². The summed E-state index contributed by atoms with van der Waals surface area (Å²) >= 11 is 0. The number of hydrogen-bond donors (Lipinski definition) is 0. The number of benzene rings is 1. The van der Waals surface area contributed by atoms with Crippen LogP contribution in [0.5, 0.6) is 11.5 Å². The quantitative estimate of drug-likeness (QED) is 0.683. The molecule has 0 N–H and O–H groups in total. The first kappa shape index (κ1) is 21.9. The normalized spacial score (nSPS) is 24.5. The molecule has 31 heavy (non-hydrogen) atoms. The molecule has 3 aliphatic heterocycles. The first-order valence-electron chi connectivity index (χ1n) is 11.2. The van der Waals surface area contributed by atoms with Gasteiger partial charge in [0, 0.05) is 44.9 Å². The Morgan fingerprint density at radius 1 is 1.03 bits per heavy atom. The molecule has 2 unspecified atom stereocenters. The highest BCUT2D eigenvalue weighted by Crippen LogP contribution is 2.39. The van der Waals surface area contributed by atoms with Crippen LogP contribution in [0.1, 0.15) is 37.3 Å². The molecule has 3 saturated heterocycles. The summed E-state index contributed by atoms with van der Waals surface area (Å²) < 4.78 is 16.5. The van der Waals surface area contributed by atoms with E-state index in [4.69, 9.17) is 14.2 Å². The molecule has 1 aromatic carbocycles. The lowest BCUT2D eigenvalue weighted by Crippen LogP contribution is -2.53. The number of likely N-dealkylation sites (tertiary alicyclic amines) is 1. The van der Waals surface area contributed by atoms with Gasteiger partial charge >= 0.3 is 0 Å². The zero-order chi connectivity index (χ0) is 21.8. The Hall–Kier alpha value is -2.32. The third-order valence-corrected chi connectivity index (χ3v) is 6.62. The molecule has 2 atom stereocenters. The number of amides is 2. The van der Waals surface area contributed by atoms with Crippen molar-refractivity contribution < 1.29 is 23.8 Å². The van der Waals surface area contributed by atoms with Gasteiger partial charge in [-0.1, -0.05) is 0 Å². The number of methoxy groups -OCH3 is 2. The molecule has 0 radical (unpaired) electrons. The molecule has 3 fully saturated rings. The average Bonchev–Trinajstić information content (AvgIpc) is 3.51. The predicted octanol–water partition coefficient (Wildman–Crippen LogP) is 1.69. The summed E-state index contributed by atoms with van der Waals surface area (Å²) in [4.78, 5) is 31.7. The van der Waals surface area contributed by atoms with Crippen LogP contribution in [0.15, 0.2) is 18.2 Å². The topological polar surface area (TPSA) is 71.6 Å². The molecule has 1 aromatic rings. The lowest BCUT2D eigenvalue weighted by atomic mass is 10.0. The van der Waals surface area contributed by atoms with Gasteiger partial charge in [-0.3, -0.25) is 14.5 Å². The lowest BCUT2D eigenvalue weighted by molar-refractivity contribution is -0.143. The van der Waals surface area contributed by atoms with Crippen molar-refractivity contribution in [1.29, 1.82) is 0 Å². The fourth-order valence-electron chi connectivity index (χ4n) is 4.87. The third-order valence-electron chi connectivity index (χ3n) is 6.62. The van der Waals surface area contributed by atoms with E-state index in [-0.39, 0.29) is 24.0 Å². The van der Waals surface area contributed by atoms with Crippen LogP contribution in [0.4, 0.5) is 0 Å². The molecule has 3 aliphatic rings. The number of hydrogen-bond acceptors (Lipinski definition) is 6. The van der Waals surface area contributed by atoms with Gasteiger partial charge in [0.15, 0.2) is 0 Å². The Labute approximate surface area is 184 Å². The highest BCUT2D eigenvalue weighted by molar-refractivity contribution is 5.81. The van der Waals surface area contributed by atoms with Crippen LogP contribution in [0.3, 0.4) is 0 Å². The van der Waals surface area contributed by atoms with Crippen LogP contribution in [-0.2, 0) is 14.3 Å². The molecule has 0 spiro atoms. The van der Waals surface area contributed by atoms with Crippen LogP contribution in [0, 0.1) is 0 Å². The molecular weight excluding hydrogens is 398 g/mol. The smallest absolute Gasteiger partial charge is 0.251 e. The molecule has 0 aliphatic carbocycles. The second-order valence-corrected chi connectivity index (χ2v) is 8.46. The van der Waals surface area contributed by atoms with Crippen molar-refractivity contribution in [3.8, 4) is 11.5 Å². The van der Waals surface area contributed by atoms with Gasteiger partial charge in [-0.15, -0.1) is 0 Å². The summed E-state index contributed by atoms with van der Waals surface area (Å²) in [5.74, 6) is 1.79. The van der Waals surface area contributed by atoms with E-state index in [1.807, 2.05) is 28.0 Å². The maximum atomic E-state index is 13.2. The molecule has 0 saturated carbocycles. The van der Waals surface area contributed by atoms with Gasteiger partial charge < -0.3 is 24.0 Å². The first-order chi connectivity index (χ1) is 15.1. The molecule has 2 amide bonds. The van der Waals surface area contributed by atoms with Crippen LogP contribution >= 0.6 is 0 Å². The van der Waals surface area contributed by atoms with E-state index in [2.05, 4.69) is 4.90 Å². The summed E-state index contributed by atoms with van der Waals surface area (Å²) in [6.07, 6.45) is 3.40. The van der Waals surface area contributed by atoms with Gasteiger partial charge in [0.05, 0.1) is 26.8 Å². The van der Waals surface area contributed by atoms with Crippen molar-refractivity contribution in [2.45, 2.75) is 37.8 Å². The minimum Gasteiger partial charge on any atom is -0.497 e. The maximum absolute atomic E-state index is 13.2. The van der Waals surface area contributed by atoms with Gasteiger partial charge in [-0.2, -0.15) is 0 Å². The van der Waals surface area contributed by atoms with E-state index in [1.54, 1.807) is 14.2 Å². The van der Waals surface area contributed by atoms with E-state index >= 15 is 0 Å². The number of piperazine rings is 1. The Bertz CT molecular complexity index is 787. The number of ether oxygens (including phenoxy) is 3. The summed E-state index contributed by atoms with van der Waals surface area (Å²) in [5.41, 5.74) is 1.000. The molecule has 170 valence electrons. The average molecular weight is 432 g/mol. The van der Waals surface area contributed by atoms with Crippen molar-refractivity contribution in [2.75, 3.05) is 60.1 Å². The predicted molar refractivity (Wildman–Crippen MR) is 115 cm³/mol. The highest BCUT2D eigenvalue weighted by Gasteiger charge is 2.34. The fourth-order valence-corrected chi connectivity index (χ4v) is 4.87. The summed E-state index contributed by atoms with van der Waals surface area (Å²) in [6, 6.07) is 5.75. The summed E-state index contributed by atoms with van der Waals surface area (Å²) in [6.45, 7) is 4.54. The Balaban J connectivity index is 1.35. The first-order valence-corrected chi connectivity index (χ1v) is 11.2. The van der Waals surface area contributed by atoms with Crippen molar-refractivity contribution in [1.82, 2.24) is 14.7 Å². The van der Waals surface area contributed by atoms with Crippen LogP contribution in [-0.4, -0.2) is 92.7 Å². The molecule has 8 heteroatoms. The fraction of sp³-hybridized carbons (Fsp3) is 0.652. The van der Waals surface area contributed by atoms with Gasteiger partial charge in [0.25, 0.3) is 5.91 Å². The lowest BCUT2D eigenvalue weighted by Gasteiger charge is -2.36. The number of nitrogens with zero attached hydrogens (tertiary/aromatic N) is 3. The zero-order valence-electron chi connectivity index (χ0n) is 18.5. The van der Waals surface area contributed by atoms with Crippen LogP contribution < -0.4 is 9.47 Å². The van der Waals surface area contributed by atoms with Crippen molar-refractivity contribution in [3.05, 3.63) is 23.8 Å². The van der Waals surface area contributed by atoms with E-state index in [9.17, 15) is 9.59 Å². The van der Waals surface area contributed by atoms with E-state index in [0.29, 0.717) is 39.3 Å². The highest BCUT2D eigenvalue weighted by atomic mass is 16.5. The minimum atomic E-state index is -0.267. The zero-order valence-corrected chi connectivity index (χ0v) is 18.5.